The Balaban J connectivity index is 2.40. The zero-order chi connectivity index (χ0) is 14.9. The average Bonchev–Trinajstić information content (AvgIpc) is 2.78. The molecule has 3 nitrogen and oxygen atoms in total. The van der Waals surface area contributed by atoms with E-state index in [1.165, 1.54) is 12.1 Å². The normalized spacial score (nSPS) is 11.1. The van der Waals surface area contributed by atoms with E-state index in [0.717, 1.165) is 11.3 Å². The maximum Gasteiger partial charge on any atom is 0.347 e. The van der Waals surface area contributed by atoms with Gasteiger partial charge in [-0.15, -0.1) is 11.3 Å². The number of carboxylic acids is 1. The Kier molecular flexibility index (Phi) is 4.40. The first-order chi connectivity index (χ1) is 9.40. The van der Waals surface area contributed by atoms with Crippen molar-refractivity contribution in [2.45, 2.75) is 26.2 Å². The number of hydrogen-bond acceptors (Lipinski definition) is 3. The highest BCUT2D eigenvalue weighted by Gasteiger charge is 2.20. The van der Waals surface area contributed by atoms with Crippen LogP contribution in [0.1, 0.15) is 45.7 Å². The predicted molar refractivity (Wildman–Crippen MR) is 77.4 cm³/mol. The highest BCUT2D eigenvalue weighted by atomic mass is 35.5. The van der Waals surface area contributed by atoms with Crippen molar-refractivity contribution in [3.05, 3.63) is 50.2 Å². The minimum Gasteiger partial charge on any atom is -0.477 e. The van der Waals surface area contributed by atoms with Crippen LogP contribution < -0.4 is 0 Å². The van der Waals surface area contributed by atoms with Crippen LogP contribution in [0.3, 0.4) is 0 Å². The number of aromatic carboxylic acids is 1. The number of hydrogen-bond donors (Lipinski definition) is 1. The number of rotatable bonds is 4. The molecule has 0 saturated carbocycles. The number of aromatic nitrogens is 1. The Bertz CT molecular complexity index is 634. The lowest BCUT2D eigenvalue weighted by atomic mass is 10.1. The minimum atomic E-state index is -1.00. The summed E-state index contributed by atoms with van der Waals surface area (Å²) < 4.78 is 13.7. The van der Waals surface area contributed by atoms with Gasteiger partial charge in [0.1, 0.15) is 10.7 Å². The van der Waals surface area contributed by atoms with Gasteiger partial charge in [-0.2, -0.15) is 0 Å². The maximum atomic E-state index is 13.7. The van der Waals surface area contributed by atoms with Crippen molar-refractivity contribution in [2.24, 2.45) is 0 Å². The third-order valence-electron chi connectivity index (χ3n) is 2.83. The highest BCUT2D eigenvalue weighted by molar-refractivity contribution is 7.13. The van der Waals surface area contributed by atoms with Crippen molar-refractivity contribution in [2.75, 3.05) is 0 Å². The number of carbonyl (C=O) groups is 1. The molecule has 1 N–H and O–H groups in total. The van der Waals surface area contributed by atoms with Crippen LogP contribution in [0.2, 0.25) is 5.02 Å². The van der Waals surface area contributed by atoms with E-state index in [0.29, 0.717) is 21.3 Å². The van der Waals surface area contributed by atoms with E-state index in [-0.39, 0.29) is 17.2 Å². The monoisotopic (exact) mass is 313 g/mol. The summed E-state index contributed by atoms with van der Waals surface area (Å²) >= 11 is 7.04. The molecule has 0 aliphatic heterocycles. The van der Waals surface area contributed by atoms with Gasteiger partial charge in [0.2, 0.25) is 0 Å². The molecule has 0 atom stereocenters. The molecule has 0 fully saturated rings. The summed E-state index contributed by atoms with van der Waals surface area (Å²) in [6.45, 7) is 3.75. The fourth-order valence-corrected chi connectivity index (χ4v) is 3.15. The lowest BCUT2D eigenvalue weighted by molar-refractivity contribution is 0.0700. The molecule has 1 heterocycles. The number of nitrogens with zero attached hydrogens (tertiary/aromatic N) is 1. The Morgan fingerprint density at radius 3 is 2.70 bits per heavy atom. The quantitative estimate of drug-likeness (QED) is 0.913. The fraction of sp³-hybridized carbons (Fsp3) is 0.286. The topological polar surface area (TPSA) is 50.2 Å². The lowest BCUT2D eigenvalue weighted by Gasteiger charge is -2.03. The molecule has 2 rings (SSSR count). The summed E-state index contributed by atoms with van der Waals surface area (Å²) in [5.74, 6) is -1.41. The van der Waals surface area contributed by atoms with Gasteiger partial charge >= 0.3 is 5.97 Å². The van der Waals surface area contributed by atoms with Crippen molar-refractivity contribution in [3.8, 4) is 0 Å². The van der Waals surface area contributed by atoms with E-state index in [1.807, 2.05) is 13.8 Å². The molecular weight excluding hydrogens is 301 g/mol. The Morgan fingerprint density at radius 2 is 2.20 bits per heavy atom. The van der Waals surface area contributed by atoms with Crippen LogP contribution in [-0.2, 0) is 6.42 Å². The summed E-state index contributed by atoms with van der Waals surface area (Å²) in [4.78, 5) is 15.7. The van der Waals surface area contributed by atoms with Crippen LogP contribution in [0.5, 0.6) is 0 Å². The first kappa shape index (κ1) is 14.9. The third-order valence-corrected chi connectivity index (χ3v) is 4.24. The largest absolute Gasteiger partial charge is 0.477 e. The maximum absolute atomic E-state index is 13.7. The summed E-state index contributed by atoms with van der Waals surface area (Å²) in [5, 5.41) is 10.0. The first-order valence-corrected chi connectivity index (χ1v) is 7.25. The Hall–Kier alpha value is -1.46. The molecule has 0 bridgehead atoms. The molecule has 0 saturated heterocycles. The number of carboxylic acid groups (broad SMARTS) is 1. The van der Waals surface area contributed by atoms with Gasteiger partial charge in [0, 0.05) is 17.0 Å². The van der Waals surface area contributed by atoms with Crippen LogP contribution in [0.4, 0.5) is 4.39 Å². The third kappa shape index (κ3) is 2.99. The molecule has 1 aromatic heterocycles. The molecule has 0 aliphatic carbocycles. The van der Waals surface area contributed by atoms with Gasteiger partial charge in [0.05, 0.1) is 10.7 Å². The zero-order valence-electron chi connectivity index (χ0n) is 11.0. The molecule has 1 aromatic carbocycles. The van der Waals surface area contributed by atoms with Crippen molar-refractivity contribution in [1.29, 1.82) is 0 Å². The molecule has 20 heavy (non-hydrogen) atoms. The van der Waals surface area contributed by atoms with Gasteiger partial charge in [-0.3, -0.25) is 0 Å². The van der Waals surface area contributed by atoms with Gasteiger partial charge in [0.15, 0.2) is 0 Å². The smallest absolute Gasteiger partial charge is 0.347 e. The van der Waals surface area contributed by atoms with E-state index in [9.17, 15) is 14.3 Å². The average molecular weight is 314 g/mol. The van der Waals surface area contributed by atoms with Crippen LogP contribution in [0, 0.1) is 5.82 Å². The van der Waals surface area contributed by atoms with Crippen LogP contribution in [0.15, 0.2) is 18.2 Å². The van der Waals surface area contributed by atoms with Crippen molar-refractivity contribution in [1.82, 2.24) is 4.98 Å². The molecule has 0 radical (unpaired) electrons. The molecular formula is C14H13ClFNO2S. The van der Waals surface area contributed by atoms with Gasteiger partial charge in [0.25, 0.3) is 0 Å². The number of thiazole rings is 1. The predicted octanol–water partition coefficient (Wildman–Crippen LogP) is 4.35. The van der Waals surface area contributed by atoms with Crippen LogP contribution >= 0.6 is 22.9 Å². The van der Waals surface area contributed by atoms with E-state index in [1.54, 1.807) is 6.07 Å². The molecule has 0 unspecified atom stereocenters. The molecule has 0 spiro atoms. The second kappa shape index (κ2) is 5.89. The van der Waals surface area contributed by atoms with E-state index in [2.05, 4.69) is 4.98 Å². The lowest BCUT2D eigenvalue weighted by Crippen LogP contribution is -2.00. The van der Waals surface area contributed by atoms with Crippen molar-refractivity contribution < 1.29 is 14.3 Å². The molecule has 0 amide bonds. The van der Waals surface area contributed by atoms with Gasteiger partial charge in [-0.25, -0.2) is 14.2 Å². The Morgan fingerprint density at radius 1 is 1.50 bits per heavy atom. The summed E-state index contributed by atoms with van der Waals surface area (Å²) in [7, 11) is 0. The van der Waals surface area contributed by atoms with Crippen molar-refractivity contribution >= 4 is 28.9 Å². The molecule has 106 valence electrons. The van der Waals surface area contributed by atoms with E-state index in [4.69, 9.17) is 11.6 Å². The second-order valence-corrected chi connectivity index (χ2v) is 6.15. The van der Waals surface area contributed by atoms with Crippen LogP contribution in [0.25, 0.3) is 0 Å². The van der Waals surface area contributed by atoms with E-state index >= 15 is 0 Å². The number of halogens is 2. The summed E-state index contributed by atoms with van der Waals surface area (Å²) in [5.41, 5.74) is 0.875. The fourth-order valence-electron chi connectivity index (χ4n) is 1.85. The van der Waals surface area contributed by atoms with Gasteiger partial charge in [-0.1, -0.05) is 31.5 Å². The van der Waals surface area contributed by atoms with Crippen LogP contribution in [-0.4, -0.2) is 16.1 Å². The molecule has 2 aromatic rings. The molecule has 6 heteroatoms. The SMILES string of the molecule is CC(C)c1nc(Cc2c(F)cccc2Cl)sc1C(=O)O. The first-order valence-electron chi connectivity index (χ1n) is 6.06. The Labute approximate surface area is 125 Å². The van der Waals surface area contributed by atoms with Crippen molar-refractivity contribution in [3.63, 3.8) is 0 Å². The second-order valence-electron chi connectivity index (χ2n) is 4.66. The summed E-state index contributed by atoms with van der Waals surface area (Å²) in [6.07, 6.45) is 0.198. The minimum absolute atomic E-state index is 0.00203. The zero-order valence-corrected chi connectivity index (χ0v) is 12.6. The number of benzene rings is 1. The summed E-state index contributed by atoms with van der Waals surface area (Å²) in [6, 6.07) is 4.47. The van der Waals surface area contributed by atoms with E-state index < -0.39 is 11.8 Å². The molecule has 0 aliphatic rings. The highest BCUT2D eigenvalue weighted by Crippen LogP contribution is 2.29. The standard InChI is InChI=1S/C14H13ClFNO2S/c1-7(2)12-13(14(18)19)20-11(17-12)6-8-9(15)4-3-5-10(8)16/h3-5,7H,6H2,1-2H3,(H,18,19). The van der Waals surface area contributed by atoms with Gasteiger partial charge < -0.3 is 5.11 Å². The van der Waals surface area contributed by atoms with Gasteiger partial charge in [-0.05, 0) is 18.1 Å².